The van der Waals surface area contributed by atoms with Gasteiger partial charge in [0.1, 0.15) is 0 Å². The molecule has 0 spiro atoms. The lowest BCUT2D eigenvalue weighted by Crippen LogP contribution is -2.11. The van der Waals surface area contributed by atoms with Gasteiger partial charge in [0.2, 0.25) is 0 Å². The summed E-state index contributed by atoms with van der Waals surface area (Å²) < 4.78 is 2.24. The molecular formula is C21H19ClN4. The summed E-state index contributed by atoms with van der Waals surface area (Å²) in [6.45, 7) is 0.825. The van der Waals surface area contributed by atoms with Crippen molar-refractivity contribution in [1.82, 2.24) is 19.4 Å². The van der Waals surface area contributed by atoms with Crippen molar-refractivity contribution >= 4 is 22.5 Å². The van der Waals surface area contributed by atoms with Crippen molar-refractivity contribution in [3.8, 4) is 16.9 Å². The van der Waals surface area contributed by atoms with Gasteiger partial charge >= 0.3 is 0 Å². The molecule has 0 atom stereocenters. The van der Waals surface area contributed by atoms with Crippen LogP contribution in [0.2, 0.25) is 5.02 Å². The molecule has 5 heteroatoms. The van der Waals surface area contributed by atoms with Crippen molar-refractivity contribution in [2.24, 2.45) is 0 Å². The third kappa shape index (κ3) is 2.98. The van der Waals surface area contributed by atoms with Crippen LogP contribution in [0, 0.1) is 0 Å². The van der Waals surface area contributed by atoms with E-state index in [0.29, 0.717) is 0 Å². The summed E-state index contributed by atoms with van der Waals surface area (Å²) in [5.41, 5.74) is 5.60. The van der Waals surface area contributed by atoms with Gasteiger partial charge in [0.15, 0.2) is 0 Å². The molecule has 1 aromatic carbocycles. The zero-order chi connectivity index (χ0) is 18.1. The van der Waals surface area contributed by atoms with Gasteiger partial charge in [0.25, 0.3) is 0 Å². The average Bonchev–Trinajstić information content (AvgIpc) is 2.97. The van der Waals surface area contributed by atoms with Gasteiger partial charge in [-0.1, -0.05) is 11.6 Å². The molecule has 0 aliphatic carbocycles. The van der Waals surface area contributed by atoms with Crippen molar-refractivity contribution in [1.29, 1.82) is 0 Å². The zero-order valence-corrected chi connectivity index (χ0v) is 15.5. The molecular weight excluding hydrogens is 344 g/mol. The van der Waals surface area contributed by atoms with Crippen LogP contribution in [0.15, 0.2) is 67.3 Å². The summed E-state index contributed by atoms with van der Waals surface area (Å²) in [6, 6.07) is 14.1. The molecule has 0 saturated carbocycles. The van der Waals surface area contributed by atoms with E-state index in [9.17, 15) is 0 Å². The topological polar surface area (TPSA) is 34.0 Å². The van der Waals surface area contributed by atoms with Crippen molar-refractivity contribution in [2.75, 3.05) is 14.1 Å². The first-order chi connectivity index (χ1) is 12.6. The lowest BCUT2D eigenvalue weighted by atomic mass is 10.1. The molecule has 0 amide bonds. The normalized spacial score (nSPS) is 11.4. The number of halogens is 1. The van der Waals surface area contributed by atoms with E-state index in [1.165, 1.54) is 10.9 Å². The van der Waals surface area contributed by atoms with Crippen molar-refractivity contribution in [2.45, 2.75) is 6.54 Å². The molecule has 0 bridgehead atoms. The van der Waals surface area contributed by atoms with E-state index in [4.69, 9.17) is 11.6 Å². The highest BCUT2D eigenvalue weighted by molar-refractivity contribution is 6.30. The third-order valence-corrected chi connectivity index (χ3v) is 4.62. The fourth-order valence-electron chi connectivity index (χ4n) is 3.34. The van der Waals surface area contributed by atoms with E-state index in [2.05, 4.69) is 45.7 Å². The highest BCUT2D eigenvalue weighted by Crippen LogP contribution is 2.36. The predicted octanol–water partition coefficient (Wildman–Crippen LogP) is 4.80. The molecule has 0 fully saturated rings. The van der Waals surface area contributed by atoms with E-state index in [-0.39, 0.29) is 0 Å². The molecule has 26 heavy (non-hydrogen) atoms. The van der Waals surface area contributed by atoms with Gasteiger partial charge in [-0.15, -0.1) is 0 Å². The van der Waals surface area contributed by atoms with Crippen LogP contribution < -0.4 is 0 Å². The smallest absolute Gasteiger partial charge is 0.0721 e. The summed E-state index contributed by atoms with van der Waals surface area (Å²) in [5.74, 6) is 0. The van der Waals surface area contributed by atoms with Crippen LogP contribution >= 0.6 is 11.6 Å². The number of nitrogens with zero attached hydrogens (tertiary/aromatic N) is 4. The van der Waals surface area contributed by atoms with E-state index < -0.39 is 0 Å². The molecule has 0 saturated heterocycles. The van der Waals surface area contributed by atoms with Crippen LogP contribution in [-0.2, 0) is 6.54 Å². The molecule has 0 unspecified atom stereocenters. The number of pyridine rings is 2. The third-order valence-electron chi connectivity index (χ3n) is 4.37. The number of benzene rings is 1. The Morgan fingerprint density at radius 3 is 2.42 bits per heavy atom. The first-order valence-electron chi connectivity index (χ1n) is 8.43. The van der Waals surface area contributed by atoms with Gasteiger partial charge in [-0.2, -0.15) is 0 Å². The second-order valence-electron chi connectivity index (χ2n) is 6.51. The van der Waals surface area contributed by atoms with E-state index in [1.54, 1.807) is 6.20 Å². The van der Waals surface area contributed by atoms with Crippen LogP contribution in [0.3, 0.4) is 0 Å². The first-order valence-corrected chi connectivity index (χ1v) is 8.81. The molecule has 3 heterocycles. The Labute approximate surface area is 157 Å². The maximum absolute atomic E-state index is 6.11. The van der Waals surface area contributed by atoms with Crippen molar-refractivity contribution in [3.63, 3.8) is 0 Å². The molecule has 3 aromatic heterocycles. The van der Waals surface area contributed by atoms with Gasteiger partial charge in [-0.3, -0.25) is 9.97 Å². The molecule has 4 nitrogen and oxygen atoms in total. The Morgan fingerprint density at radius 1 is 0.962 bits per heavy atom. The molecule has 4 rings (SSSR count). The van der Waals surface area contributed by atoms with Gasteiger partial charge in [0, 0.05) is 52.4 Å². The van der Waals surface area contributed by atoms with Crippen LogP contribution in [0.4, 0.5) is 0 Å². The Balaban J connectivity index is 2.10. The Bertz CT molecular complexity index is 1040. The average molecular weight is 363 g/mol. The van der Waals surface area contributed by atoms with Crippen LogP contribution in [0.5, 0.6) is 0 Å². The summed E-state index contributed by atoms with van der Waals surface area (Å²) in [7, 11) is 4.17. The van der Waals surface area contributed by atoms with Gasteiger partial charge in [-0.25, -0.2) is 0 Å². The second kappa shape index (κ2) is 6.90. The predicted molar refractivity (Wildman–Crippen MR) is 107 cm³/mol. The standard InChI is InChI=1S/C21H19ClN4/c1-25(2)14-19-18-9-11-24-13-20(18)26(17-7-5-16(22)6-8-17)21(19)15-4-3-10-23-12-15/h3-13H,14H2,1-2H3. The van der Waals surface area contributed by atoms with Crippen molar-refractivity contribution < 1.29 is 0 Å². The monoisotopic (exact) mass is 362 g/mol. The Hall–Kier alpha value is -2.69. The van der Waals surface area contributed by atoms with E-state index in [1.807, 2.05) is 48.9 Å². The minimum Gasteiger partial charge on any atom is -0.307 e. The maximum Gasteiger partial charge on any atom is 0.0721 e. The lowest BCUT2D eigenvalue weighted by molar-refractivity contribution is 0.404. The molecule has 0 aliphatic heterocycles. The lowest BCUT2D eigenvalue weighted by Gasteiger charge is -2.15. The first kappa shape index (κ1) is 16.8. The highest BCUT2D eigenvalue weighted by Gasteiger charge is 2.20. The number of hydrogen-bond donors (Lipinski definition) is 0. The Morgan fingerprint density at radius 2 is 1.73 bits per heavy atom. The minimum absolute atomic E-state index is 0.722. The quantitative estimate of drug-likeness (QED) is 0.522. The zero-order valence-electron chi connectivity index (χ0n) is 14.7. The van der Waals surface area contributed by atoms with Gasteiger partial charge in [0.05, 0.1) is 17.4 Å². The van der Waals surface area contributed by atoms with Crippen LogP contribution in [0.1, 0.15) is 5.56 Å². The van der Waals surface area contributed by atoms with Gasteiger partial charge in [-0.05, 0) is 56.6 Å². The molecule has 0 aliphatic rings. The fourth-order valence-corrected chi connectivity index (χ4v) is 3.47. The van der Waals surface area contributed by atoms with E-state index >= 15 is 0 Å². The second-order valence-corrected chi connectivity index (χ2v) is 6.95. The fraction of sp³-hybridized carbons (Fsp3) is 0.143. The highest BCUT2D eigenvalue weighted by atomic mass is 35.5. The number of fused-ring (bicyclic) bond motifs is 1. The van der Waals surface area contributed by atoms with Gasteiger partial charge < -0.3 is 9.47 Å². The molecule has 0 radical (unpaired) electrons. The summed E-state index contributed by atoms with van der Waals surface area (Å²) >= 11 is 6.11. The Kier molecular flexibility index (Phi) is 4.45. The summed E-state index contributed by atoms with van der Waals surface area (Å²) in [5, 5.41) is 1.92. The van der Waals surface area contributed by atoms with E-state index in [0.717, 1.165) is 34.0 Å². The maximum atomic E-state index is 6.11. The largest absolute Gasteiger partial charge is 0.307 e. The number of hydrogen-bond acceptors (Lipinski definition) is 3. The molecule has 130 valence electrons. The minimum atomic E-state index is 0.722. The molecule has 4 aromatic rings. The van der Waals surface area contributed by atoms with Crippen molar-refractivity contribution in [3.05, 3.63) is 77.8 Å². The summed E-state index contributed by atoms with van der Waals surface area (Å²) in [6.07, 6.45) is 7.48. The SMILES string of the molecule is CN(C)Cc1c(-c2cccnc2)n(-c2ccc(Cl)cc2)c2cnccc12. The molecule has 0 N–H and O–H groups in total. The number of rotatable bonds is 4. The number of aromatic nitrogens is 3. The summed E-state index contributed by atoms with van der Waals surface area (Å²) in [4.78, 5) is 10.9. The van der Waals surface area contributed by atoms with Crippen LogP contribution in [-0.4, -0.2) is 33.5 Å². The van der Waals surface area contributed by atoms with Crippen LogP contribution in [0.25, 0.3) is 27.8 Å².